The molecular formula is C15H12ClN5O3S2. The van der Waals surface area contributed by atoms with Crippen molar-refractivity contribution < 1.29 is 9.72 Å². The molecule has 8 nitrogen and oxygen atoms in total. The van der Waals surface area contributed by atoms with Gasteiger partial charge in [0.25, 0.3) is 5.69 Å². The molecule has 0 unspecified atom stereocenters. The predicted molar refractivity (Wildman–Crippen MR) is 101 cm³/mol. The summed E-state index contributed by atoms with van der Waals surface area (Å²) < 4.78 is 0. The van der Waals surface area contributed by atoms with Gasteiger partial charge in [-0.3, -0.25) is 20.0 Å². The van der Waals surface area contributed by atoms with Crippen LogP contribution in [0.25, 0.3) is 0 Å². The zero-order chi connectivity index (χ0) is 18.5. The maximum atomic E-state index is 12.1. The van der Waals surface area contributed by atoms with Crippen LogP contribution in [0.2, 0.25) is 5.02 Å². The Kier molecular flexibility index (Phi) is 5.86. The molecule has 0 bridgehead atoms. The summed E-state index contributed by atoms with van der Waals surface area (Å²) in [4.78, 5) is 27.8. The van der Waals surface area contributed by atoms with Crippen molar-refractivity contribution in [1.82, 2.24) is 15.2 Å². The molecule has 26 heavy (non-hydrogen) atoms. The van der Waals surface area contributed by atoms with Gasteiger partial charge in [-0.15, -0.1) is 16.4 Å². The van der Waals surface area contributed by atoms with Crippen LogP contribution in [0.3, 0.4) is 0 Å². The summed E-state index contributed by atoms with van der Waals surface area (Å²) in [5.74, 6) is 0.411. The molecule has 2 N–H and O–H groups in total. The molecular weight excluding hydrogens is 398 g/mol. The number of hydrogen-bond acceptors (Lipinski definition) is 7. The summed E-state index contributed by atoms with van der Waals surface area (Å²) in [5, 5.41) is 22.9. The van der Waals surface area contributed by atoms with Crippen LogP contribution >= 0.6 is 34.7 Å². The monoisotopic (exact) mass is 409 g/mol. The number of carbonyl (C=O) groups excluding carboxylic acids is 1. The number of thioether (sulfide) groups is 1. The van der Waals surface area contributed by atoms with Crippen LogP contribution in [-0.2, 0) is 11.2 Å². The number of anilines is 1. The van der Waals surface area contributed by atoms with Crippen LogP contribution in [0.5, 0.6) is 0 Å². The summed E-state index contributed by atoms with van der Waals surface area (Å²) in [7, 11) is 0. The van der Waals surface area contributed by atoms with Crippen molar-refractivity contribution >= 4 is 52.0 Å². The lowest BCUT2D eigenvalue weighted by Gasteiger charge is -2.06. The van der Waals surface area contributed by atoms with Crippen molar-refractivity contribution in [1.29, 1.82) is 0 Å². The molecule has 2 aromatic heterocycles. The molecule has 0 atom stereocenters. The molecule has 0 saturated heterocycles. The Morgan fingerprint density at radius 2 is 2.27 bits per heavy atom. The minimum Gasteiger partial charge on any atom is -0.324 e. The Morgan fingerprint density at radius 1 is 1.42 bits per heavy atom. The molecule has 0 radical (unpaired) electrons. The van der Waals surface area contributed by atoms with E-state index in [1.807, 2.05) is 17.5 Å². The highest BCUT2D eigenvalue weighted by Gasteiger charge is 2.13. The van der Waals surface area contributed by atoms with Crippen molar-refractivity contribution in [2.45, 2.75) is 11.6 Å². The molecule has 2 heterocycles. The van der Waals surface area contributed by atoms with Crippen LogP contribution in [0.1, 0.15) is 10.7 Å². The van der Waals surface area contributed by atoms with Crippen molar-refractivity contribution in [3.05, 3.63) is 61.6 Å². The molecule has 0 fully saturated rings. The van der Waals surface area contributed by atoms with Gasteiger partial charge in [0.15, 0.2) is 0 Å². The number of aromatic nitrogens is 3. The number of nitrogens with zero attached hydrogens (tertiary/aromatic N) is 3. The van der Waals surface area contributed by atoms with Crippen LogP contribution in [0.4, 0.5) is 11.4 Å². The third-order valence-electron chi connectivity index (χ3n) is 3.20. The van der Waals surface area contributed by atoms with Gasteiger partial charge >= 0.3 is 0 Å². The second-order valence-corrected chi connectivity index (χ2v) is 7.46. The van der Waals surface area contributed by atoms with Gasteiger partial charge in [0.1, 0.15) is 5.82 Å². The quantitative estimate of drug-likeness (QED) is 0.349. The largest absolute Gasteiger partial charge is 0.324 e. The van der Waals surface area contributed by atoms with E-state index in [1.165, 1.54) is 18.2 Å². The smallest absolute Gasteiger partial charge is 0.271 e. The molecule has 11 heteroatoms. The van der Waals surface area contributed by atoms with Gasteiger partial charge in [0, 0.05) is 23.4 Å². The minimum atomic E-state index is -0.552. The molecule has 0 saturated carbocycles. The molecule has 1 amide bonds. The number of thiophene rings is 1. The molecule has 0 aliphatic carbocycles. The number of benzene rings is 1. The second-order valence-electron chi connectivity index (χ2n) is 5.08. The Balaban J connectivity index is 1.55. The minimum absolute atomic E-state index is 0.0509. The van der Waals surface area contributed by atoms with Crippen molar-refractivity contribution in [3.8, 4) is 0 Å². The van der Waals surface area contributed by atoms with Crippen LogP contribution in [0.15, 0.2) is 40.9 Å². The molecule has 3 aromatic rings. The molecule has 0 spiro atoms. The summed E-state index contributed by atoms with van der Waals surface area (Å²) in [6, 6.07) is 7.84. The summed E-state index contributed by atoms with van der Waals surface area (Å²) in [6.45, 7) is 0. The molecule has 0 aliphatic heterocycles. The maximum Gasteiger partial charge on any atom is 0.271 e. The number of nitrogens with one attached hydrogen (secondary N) is 2. The second kappa shape index (κ2) is 8.30. The molecule has 134 valence electrons. The fraction of sp³-hybridized carbons (Fsp3) is 0.133. The lowest BCUT2D eigenvalue weighted by molar-refractivity contribution is -0.384. The zero-order valence-corrected chi connectivity index (χ0v) is 15.5. The lowest BCUT2D eigenvalue weighted by atomic mass is 10.3. The Morgan fingerprint density at radius 3 is 3.00 bits per heavy atom. The highest BCUT2D eigenvalue weighted by atomic mass is 35.5. The predicted octanol–water partition coefficient (Wildman–Crippen LogP) is 3.75. The Bertz CT molecular complexity index is 929. The highest BCUT2D eigenvalue weighted by Crippen LogP contribution is 2.27. The van der Waals surface area contributed by atoms with E-state index in [4.69, 9.17) is 11.6 Å². The van der Waals surface area contributed by atoms with Crippen LogP contribution in [-0.4, -0.2) is 31.8 Å². The Labute approximate surface area is 161 Å². The van der Waals surface area contributed by atoms with E-state index in [1.54, 1.807) is 11.3 Å². The van der Waals surface area contributed by atoms with E-state index in [0.717, 1.165) is 22.5 Å². The van der Waals surface area contributed by atoms with E-state index in [9.17, 15) is 14.9 Å². The first-order valence-corrected chi connectivity index (χ1v) is 9.56. The Hall–Kier alpha value is -2.43. The van der Waals surface area contributed by atoms with E-state index in [0.29, 0.717) is 11.6 Å². The fourth-order valence-electron chi connectivity index (χ4n) is 2.04. The highest BCUT2D eigenvalue weighted by molar-refractivity contribution is 7.99. The van der Waals surface area contributed by atoms with Crippen LogP contribution < -0.4 is 5.32 Å². The third-order valence-corrected chi connectivity index (χ3v) is 5.25. The number of carbonyl (C=O) groups is 1. The van der Waals surface area contributed by atoms with Gasteiger partial charge in [-0.2, -0.15) is 0 Å². The third kappa shape index (κ3) is 4.81. The normalized spacial score (nSPS) is 10.7. The van der Waals surface area contributed by atoms with Gasteiger partial charge in [-0.1, -0.05) is 29.4 Å². The number of halogens is 1. The van der Waals surface area contributed by atoms with Gasteiger partial charge < -0.3 is 5.32 Å². The number of nitro groups is 1. The van der Waals surface area contributed by atoms with Gasteiger partial charge in [0.05, 0.1) is 21.4 Å². The average molecular weight is 410 g/mol. The van der Waals surface area contributed by atoms with Crippen molar-refractivity contribution in [2.24, 2.45) is 0 Å². The number of hydrogen-bond donors (Lipinski definition) is 2. The number of non-ortho nitro benzene ring substituents is 1. The number of amides is 1. The number of aromatic amines is 1. The van der Waals surface area contributed by atoms with Crippen molar-refractivity contribution in [2.75, 3.05) is 11.1 Å². The van der Waals surface area contributed by atoms with Crippen molar-refractivity contribution in [3.63, 3.8) is 0 Å². The zero-order valence-electron chi connectivity index (χ0n) is 13.1. The standard InChI is InChI=1S/C15H12ClN5O3S2/c16-11-4-3-9(21(23)24)6-12(11)17-14(22)8-26-15-18-13(19-20-15)7-10-2-1-5-25-10/h1-6H,7-8H2,(H,17,22)(H,18,19,20). The van der Waals surface area contributed by atoms with E-state index < -0.39 is 4.92 Å². The topological polar surface area (TPSA) is 114 Å². The fourth-order valence-corrected chi connectivity index (χ4v) is 3.53. The molecule has 3 rings (SSSR count). The number of nitro benzene ring substituents is 1. The summed E-state index contributed by atoms with van der Waals surface area (Å²) >= 11 is 8.75. The van der Waals surface area contributed by atoms with Gasteiger partial charge in [0.2, 0.25) is 11.1 Å². The first-order chi connectivity index (χ1) is 12.5. The lowest BCUT2D eigenvalue weighted by Crippen LogP contribution is -2.14. The van der Waals surface area contributed by atoms with E-state index in [2.05, 4.69) is 20.5 Å². The van der Waals surface area contributed by atoms with E-state index >= 15 is 0 Å². The van der Waals surface area contributed by atoms with E-state index in [-0.39, 0.29) is 28.1 Å². The van der Waals surface area contributed by atoms with Gasteiger partial charge in [-0.25, -0.2) is 4.98 Å². The summed E-state index contributed by atoms with van der Waals surface area (Å²) in [6.07, 6.45) is 0.653. The number of H-pyrrole nitrogens is 1. The van der Waals surface area contributed by atoms with Gasteiger partial charge in [-0.05, 0) is 17.5 Å². The van der Waals surface area contributed by atoms with Crippen LogP contribution in [0, 0.1) is 10.1 Å². The first-order valence-electron chi connectivity index (χ1n) is 7.31. The first kappa shape index (κ1) is 18.4. The maximum absolute atomic E-state index is 12.1. The molecule has 1 aromatic carbocycles. The summed E-state index contributed by atoms with van der Waals surface area (Å²) in [5.41, 5.74) is 0.0457. The average Bonchev–Trinajstić information content (AvgIpc) is 3.27. The number of rotatable bonds is 7. The molecule has 0 aliphatic rings. The SMILES string of the molecule is O=C(CSc1n[nH]c(Cc2cccs2)n1)Nc1cc([N+](=O)[O-])ccc1Cl.